The standard InChI is InChI=1S/C12H11ClO3/c1-7-6-10(16-3)9(4-5-11(14)15)8(2)12(7)13/h6H,1-3H3,(H,14,15). The van der Waals surface area contributed by atoms with Crippen LogP contribution in [0.3, 0.4) is 0 Å². The zero-order valence-corrected chi connectivity index (χ0v) is 9.97. The number of rotatable bonds is 1. The molecule has 1 rings (SSSR count). The number of hydrogen-bond donors (Lipinski definition) is 1. The van der Waals surface area contributed by atoms with E-state index >= 15 is 0 Å². The molecule has 0 aliphatic carbocycles. The van der Waals surface area contributed by atoms with Crippen molar-refractivity contribution in [3.63, 3.8) is 0 Å². The third-order valence-electron chi connectivity index (χ3n) is 2.16. The van der Waals surface area contributed by atoms with E-state index in [4.69, 9.17) is 21.4 Å². The van der Waals surface area contributed by atoms with E-state index in [0.717, 1.165) is 11.1 Å². The number of carboxylic acids is 1. The molecule has 0 aliphatic rings. The van der Waals surface area contributed by atoms with Crippen LogP contribution in [0.5, 0.6) is 5.75 Å². The highest BCUT2D eigenvalue weighted by Gasteiger charge is 2.10. The average molecular weight is 239 g/mol. The number of aryl methyl sites for hydroxylation is 1. The van der Waals surface area contributed by atoms with Crippen molar-refractivity contribution in [3.8, 4) is 17.6 Å². The van der Waals surface area contributed by atoms with Crippen molar-refractivity contribution in [1.29, 1.82) is 0 Å². The number of benzene rings is 1. The van der Waals surface area contributed by atoms with Gasteiger partial charge in [-0.25, -0.2) is 4.79 Å². The highest BCUT2D eigenvalue weighted by molar-refractivity contribution is 6.32. The molecule has 0 aliphatic heterocycles. The van der Waals surface area contributed by atoms with E-state index in [1.54, 1.807) is 13.0 Å². The van der Waals surface area contributed by atoms with Crippen molar-refractivity contribution in [1.82, 2.24) is 0 Å². The number of carbonyl (C=O) groups is 1. The number of methoxy groups -OCH3 is 1. The van der Waals surface area contributed by atoms with Gasteiger partial charge < -0.3 is 9.84 Å². The van der Waals surface area contributed by atoms with Crippen molar-refractivity contribution in [2.24, 2.45) is 0 Å². The fourth-order valence-corrected chi connectivity index (χ4v) is 1.50. The van der Waals surface area contributed by atoms with Crippen LogP contribution in [0.25, 0.3) is 0 Å². The van der Waals surface area contributed by atoms with Crippen LogP contribution in [0.4, 0.5) is 0 Å². The quantitative estimate of drug-likeness (QED) is 0.765. The second kappa shape index (κ2) is 4.91. The van der Waals surface area contributed by atoms with E-state index < -0.39 is 5.97 Å². The van der Waals surface area contributed by atoms with Gasteiger partial charge in [0.05, 0.1) is 12.7 Å². The van der Waals surface area contributed by atoms with E-state index in [-0.39, 0.29) is 0 Å². The maximum absolute atomic E-state index is 10.4. The lowest BCUT2D eigenvalue weighted by atomic mass is 10.0. The fraction of sp³-hybridized carbons (Fsp3) is 0.250. The number of ether oxygens (including phenoxy) is 1. The van der Waals surface area contributed by atoms with Crippen molar-refractivity contribution in [3.05, 3.63) is 27.8 Å². The van der Waals surface area contributed by atoms with Crippen LogP contribution < -0.4 is 4.74 Å². The fourth-order valence-electron chi connectivity index (χ4n) is 1.35. The van der Waals surface area contributed by atoms with Gasteiger partial charge in [-0.05, 0) is 31.0 Å². The second-order valence-corrected chi connectivity index (χ2v) is 3.64. The molecule has 1 N–H and O–H groups in total. The molecule has 16 heavy (non-hydrogen) atoms. The SMILES string of the molecule is COc1cc(C)c(Cl)c(C)c1C#CC(=O)O. The Kier molecular flexibility index (Phi) is 3.81. The van der Waals surface area contributed by atoms with Gasteiger partial charge in [-0.3, -0.25) is 0 Å². The third-order valence-corrected chi connectivity index (χ3v) is 2.74. The first-order valence-corrected chi connectivity index (χ1v) is 4.93. The first kappa shape index (κ1) is 12.4. The van der Waals surface area contributed by atoms with E-state index in [1.807, 2.05) is 6.92 Å². The highest BCUT2D eigenvalue weighted by Crippen LogP contribution is 2.30. The molecule has 0 bridgehead atoms. The van der Waals surface area contributed by atoms with E-state index in [0.29, 0.717) is 16.3 Å². The molecule has 0 amide bonds. The molecular formula is C12H11ClO3. The van der Waals surface area contributed by atoms with Gasteiger partial charge in [-0.15, -0.1) is 0 Å². The molecule has 0 fully saturated rings. The van der Waals surface area contributed by atoms with Crippen LogP contribution in [0.1, 0.15) is 16.7 Å². The Morgan fingerprint density at radius 2 is 2.12 bits per heavy atom. The summed E-state index contributed by atoms with van der Waals surface area (Å²) < 4.78 is 5.14. The van der Waals surface area contributed by atoms with Crippen LogP contribution >= 0.6 is 11.6 Å². The van der Waals surface area contributed by atoms with Crippen LogP contribution in [0.2, 0.25) is 5.02 Å². The minimum absolute atomic E-state index is 0.514. The van der Waals surface area contributed by atoms with E-state index in [9.17, 15) is 4.79 Å². The van der Waals surface area contributed by atoms with Gasteiger partial charge in [0, 0.05) is 10.9 Å². The van der Waals surface area contributed by atoms with Gasteiger partial charge >= 0.3 is 5.97 Å². The number of halogens is 1. The summed E-state index contributed by atoms with van der Waals surface area (Å²) in [5.74, 6) is 3.95. The highest BCUT2D eigenvalue weighted by atomic mass is 35.5. The van der Waals surface area contributed by atoms with Crippen molar-refractivity contribution in [2.45, 2.75) is 13.8 Å². The Morgan fingerprint density at radius 3 is 2.62 bits per heavy atom. The Hall–Kier alpha value is -1.66. The minimum atomic E-state index is -1.18. The first-order valence-electron chi connectivity index (χ1n) is 4.56. The van der Waals surface area contributed by atoms with Crippen LogP contribution in [0, 0.1) is 25.7 Å². The van der Waals surface area contributed by atoms with E-state index in [2.05, 4.69) is 11.8 Å². The zero-order chi connectivity index (χ0) is 12.3. The third kappa shape index (κ3) is 2.47. The summed E-state index contributed by atoms with van der Waals surface area (Å²) in [5.41, 5.74) is 2.12. The lowest BCUT2D eigenvalue weighted by Gasteiger charge is -2.10. The van der Waals surface area contributed by atoms with Crippen molar-refractivity contribution >= 4 is 17.6 Å². The van der Waals surface area contributed by atoms with Gasteiger partial charge in [0.2, 0.25) is 0 Å². The summed E-state index contributed by atoms with van der Waals surface area (Å²) in [4.78, 5) is 10.4. The molecular weight excluding hydrogens is 228 g/mol. The van der Waals surface area contributed by atoms with Crippen LogP contribution in [0.15, 0.2) is 6.07 Å². The lowest BCUT2D eigenvalue weighted by molar-refractivity contribution is -0.130. The van der Waals surface area contributed by atoms with Crippen LogP contribution in [-0.4, -0.2) is 18.2 Å². The van der Waals surface area contributed by atoms with Crippen LogP contribution in [-0.2, 0) is 4.79 Å². The summed E-state index contributed by atoms with van der Waals surface area (Å²) >= 11 is 6.06. The largest absolute Gasteiger partial charge is 0.495 e. The molecule has 0 unspecified atom stereocenters. The van der Waals surface area contributed by atoms with Gasteiger partial charge in [0.1, 0.15) is 5.75 Å². The summed E-state index contributed by atoms with van der Waals surface area (Å²) in [6.07, 6.45) is 0. The Labute approximate surface area is 99.0 Å². The molecule has 4 heteroatoms. The van der Waals surface area contributed by atoms with E-state index in [1.165, 1.54) is 7.11 Å². The Balaban J connectivity index is 3.43. The van der Waals surface area contributed by atoms with Gasteiger partial charge in [-0.2, -0.15) is 0 Å². The molecule has 0 saturated heterocycles. The zero-order valence-electron chi connectivity index (χ0n) is 9.22. The average Bonchev–Trinajstić information content (AvgIpc) is 2.23. The molecule has 0 aromatic heterocycles. The maximum Gasteiger partial charge on any atom is 0.382 e. The predicted octanol–water partition coefficient (Wildman–Crippen LogP) is 2.40. The van der Waals surface area contributed by atoms with Crippen molar-refractivity contribution in [2.75, 3.05) is 7.11 Å². The van der Waals surface area contributed by atoms with Gasteiger partial charge in [0.25, 0.3) is 0 Å². The molecule has 3 nitrogen and oxygen atoms in total. The molecule has 84 valence electrons. The second-order valence-electron chi connectivity index (χ2n) is 3.26. The summed E-state index contributed by atoms with van der Waals surface area (Å²) in [6.45, 7) is 3.63. The normalized spacial score (nSPS) is 9.25. The molecule has 0 saturated carbocycles. The minimum Gasteiger partial charge on any atom is -0.495 e. The number of carboxylic acid groups (broad SMARTS) is 1. The first-order chi connectivity index (χ1) is 7.47. The monoisotopic (exact) mass is 238 g/mol. The maximum atomic E-state index is 10.4. The lowest BCUT2D eigenvalue weighted by Crippen LogP contribution is -1.95. The van der Waals surface area contributed by atoms with Crippen molar-refractivity contribution < 1.29 is 14.6 Å². The number of aliphatic carboxylic acids is 1. The summed E-state index contributed by atoms with van der Waals surface area (Å²) in [7, 11) is 1.51. The topological polar surface area (TPSA) is 46.5 Å². The Morgan fingerprint density at radius 1 is 1.50 bits per heavy atom. The molecule has 0 heterocycles. The number of hydrogen-bond acceptors (Lipinski definition) is 2. The predicted molar refractivity (Wildman–Crippen MR) is 62.0 cm³/mol. The molecule has 0 atom stereocenters. The Bertz CT molecular complexity index is 495. The molecule has 0 radical (unpaired) electrons. The summed E-state index contributed by atoms with van der Waals surface area (Å²) in [5, 5.41) is 9.08. The van der Waals surface area contributed by atoms with Gasteiger partial charge in [0.15, 0.2) is 0 Å². The molecule has 1 aromatic rings. The summed E-state index contributed by atoms with van der Waals surface area (Å²) in [6, 6.07) is 1.74. The molecule has 1 aromatic carbocycles. The smallest absolute Gasteiger partial charge is 0.382 e. The van der Waals surface area contributed by atoms with Gasteiger partial charge in [-0.1, -0.05) is 17.5 Å². The molecule has 0 spiro atoms.